The number of nitrogens with zero attached hydrogens (tertiary/aromatic N) is 3. The summed E-state index contributed by atoms with van der Waals surface area (Å²) in [4.78, 5) is 43.4. The van der Waals surface area contributed by atoms with Crippen LogP contribution in [0.1, 0.15) is 37.9 Å². The number of carbonyl (C=O) groups excluding carboxylic acids is 2. The fraction of sp³-hybridized carbons (Fsp3) is 0.474. The Morgan fingerprint density at radius 3 is 2.58 bits per heavy atom. The highest BCUT2D eigenvalue weighted by atomic mass is 16.2. The summed E-state index contributed by atoms with van der Waals surface area (Å²) in [5, 5.41) is 3.10. The molecule has 2 aromatic rings. The maximum atomic E-state index is 12.8. The second-order valence-electron chi connectivity index (χ2n) is 6.98. The summed E-state index contributed by atoms with van der Waals surface area (Å²) in [6, 6.07) is 5.05. The smallest absolute Gasteiger partial charge is 0.313 e. The van der Waals surface area contributed by atoms with Gasteiger partial charge in [0.2, 0.25) is 0 Å². The van der Waals surface area contributed by atoms with Crippen LogP contribution >= 0.6 is 0 Å². The molecule has 1 N–H and O–H groups in total. The van der Waals surface area contributed by atoms with E-state index >= 15 is 0 Å². The molecule has 4 rings (SSSR count). The Bertz CT molecular complexity index is 928. The van der Waals surface area contributed by atoms with Gasteiger partial charge in [-0.2, -0.15) is 0 Å². The maximum Gasteiger partial charge on any atom is 0.313 e. The van der Waals surface area contributed by atoms with E-state index in [1.807, 2.05) is 0 Å². The van der Waals surface area contributed by atoms with Gasteiger partial charge in [-0.3, -0.25) is 19.0 Å². The summed E-state index contributed by atoms with van der Waals surface area (Å²) >= 11 is 0. The predicted octanol–water partition coefficient (Wildman–Crippen LogP) is 1.68. The Morgan fingerprint density at radius 2 is 1.77 bits per heavy atom. The van der Waals surface area contributed by atoms with E-state index in [2.05, 4.69) is 10.3 Å². The molecule has 2 aliphatic rings. The van der Waals surface area contributed by atoms with Gasteiger partial charge in [0.1, 0.15) is 5.82 Å². The van der Waals surface area contributed by atoms with Crippen LogP contribution in [0.15, 0.2) is 23.0 Å². The van der Waals surface area contributed by atoms with Crippen LogP contribution in [0.4, 0.5) is 5.69 Å². The largest absolute Gasteiger partial charge is 0.334 e. The van der Waals surface area contributed by atoms with Crippen molar-refractivity contribution in [1.29, 1.82) is 0 Å². The molecule has 0 aliphatic carbocycles. The molecule has 2 amide bonds. The third kappa shape index (κ3) is 3.09. The molecule has 0 atom stereocenters. The van der Waals surface area contributed by atoms with Gasteiger partial charge in [-0.05, 0) is 43.9 Å². The molecule has 0 spiro atoms. The average molecular weight is 354 g/mol. The normalized spacial score (nSPS) is 17.0. The zero-order chi connectivity index (χ0) is 18.1. The molecule has 0 bridgehead atoms. The van der Waals surface area contributed by atoms with E-state index in [9.17, 15) is 14.4 Å². The van der Waals surface area contributed by atoms with Crippen LogP contribution < -0.4 is 10.9 Å². The highest BCUT2D eigenvalue weighted by Crippen LogP contribution is 2.18. The topological polar surface area (TPSA) is 84.3 Å². The van der Waals surface area contributed by atoms with Crippen LogP contribution in [0.3, 0.4) is 0 Å². The van der Waals surface area contributed by atoms with E-state index in [1.165, 1.54) is 0 Å². The number of aryl methyl sites for hydroxylation is 1. The van der Waals surface area contributed by atoms with Gasteiger partial charge < -0.3 is 10.2 Å². The second-order valence-corrected chi connectivity index (χ2v) is 6.98. The van der Waals surface area contributed by atoms with Gasteiger partial charge in [-0.15, -0.1) is 0 Å². The summed E-state index contributed by atoms with van der Waals surface area (Å²) in [5.74, 6) is -0.338. The molecule has 136 valence electrons. The Kier molecular flexibility index (Phi) is 4.44. The lowest BCUT2D eigenvalue weighted by Gasteiger charge is -2.15. The Hall–Kier alpha value is -2.70. The van der Waals surface area contributed by atoms with Crippen LogP contribution in [-0.2, 0) is 22.6 Å². The van der Waals surface area contributed by atoms with Crippen LogP contribution in [0, 0.1) is 0 Å². The third-order valence-corrected chi connectivity index (χ3v) is 5.16. The van der Waals surface area contributed by atoms with Crippen LogP contribution in [-0.4, -0.2) is 39.4 Å². The van der Waals surface area contributed by atoms with Gasteiger partial charge >= 0.3 is 11.8 Å². The molecule has 1 aromatic heterocycles. The summed E-state index contributed by atoms with van der Waals surface area (Å²) in [6.07, 6.45) is 5.80. The lowest BCUT2D eigenvalue weighted by molar-refractivity contribution is -0.142. The summed E-state index contributed by atoms with van der Waals surface area (Å²) < 4.78 is 1.75. The van der Waals surface area contributed by atoms with Crippen LogP contribution in [0.25, 0.3) is 10.9 Å². The lowest BCUT2D eigenvalue weighted by atomic mass is 10.2. The predicted molar refractivity (Wildman–Crippen MR) is 98.0 cm³/mol. The number of rotatable bonds is 1. The number of amides is 2. The summed E-state index contributed by atoms with van der Waals surface area (Å²) in [6.45, 7) is 1.93. The highest BCUT2D eigenvalue weighted by Gasteiger charge is 2.24. The van der Waals surface area contributed by atoms with Crippen molar-refractivity contribution in [2.24, 2.45) is 0 Å². The number of benzene rings is 1. The minimum Gasteiger partial charge on any atom is -0.334 e. The fourth-order valence-electron chi connectivity index (χ4n) is 3.74. The monoisotopic (exact) mass is 354 g/mol. The van der Waals surface area contributed by atoms with Gasteiger partial charge in [0.25, 0.3) is 5.56 Å². The maximum absolute atomic E-state index is 12.8. The lowest BCUT2D eigenvalue weighted by Crippen LogP contribution is -2.37. The Morgan fingerprint density at radius 1 is 1.00 bits per heavy atom. The number of nitrogens with one attached hydrogen (secondary N) is 1. The summed E-state index contributed by atoms with van der Waals surface area (Å²) in [7, 11) is 0. The first-order chi connectivity index (χ1) is 12.6. The number of aromatic nitrogens is 2. The quantitative estimate of drug-likeness (QED) is 0.790. The molecule has 0 saturated carbocycles. The van der Waals surface area contributed by atoms with Gasteiger partial charge in [0.05, 0.1) is 10.9 Å². The number of carbonyl (C=O) groups is 2. The molecule has 7 nitrogen and oxygen atoms in total. The molecule has 26 heavy (non-hydrogen) atoms. The molecular weight excluding hydrogens is 332 g/mol. The van der Waals surface area contributed by atoms with Crippen molar-refractivity contribution in [1.82, 2.24) is 14.5 Å². The number of hydrogen-bond acceptors (Lipinski definition) is 4. The van der Waals surface area contributed by atoms with Crippen molar-refractivity contribution in [2.75, 3.05) is 18.4 Å². The van der Waals surface area contributed by atoms with Gasteiger partial charge in [0, 0.05) is 31.7 Å². The van der Waals surface area contributed by atoms with E-state index in [4.69, 9.17) is 0 Å². The van der Waals surface area contributed by atoms with Crippen LogP contribution in [0.5, 0.6) is 0 Å². The van der Waals surface area contributed by atoms with Crippen molar-refractivity contribution in [3.8, 4) is 0 Å². The van der Waals surface area contributed by atoms with Crippen molar-refractivity contribution < 1.29 is 9.59 Å². The number of anilines is 1. The van der Waals surface area contributed by atoms with E-state index < -0.39 is 11.8 Å². The fourth-order valence-corrected chi connectivity index (χ4v) is 3.74. The van der Waals surface area contributed by atoms with Crippen LogP contribution in [0.2, 0.25) is 0 Å². The molecule has 1 aromatic carbocycles. The minimum absolute atomic E-state index is 0.0751. The Labute approximate surface area is 151 Å². The second kappa shape index (κ2) is 6.90. The molecule has 0 unspecified atom stereocenters. The van der Waals surface area contributed by atoms with Crippen molar-refractivity contribution in [3.63, 3.8) is 0 Å². The molecule has 0 radical (unpaired) electrons. The molecule has 1 fully saturated rings. The van der Waals surface area contributed by atoms with E-state index in [0.29, 0.717) is 36.2 Å². The molecule has 7 heteroatoms. The first kappa shape index (κ1) is 16.8. The molecule has 2 aliphatic heterocycles. The zero-order valence-electron chi connectivity index (χ0n) is 14.7. The molecule has 3 heterocycles. The Balaban J connectivity index is 1.63. The SMILES string of the molecule is O=C(Nc1ccc2nc3n(c(=O)c2c1)CCCCC3)C(=O)N1CCCC1. The first-order valence-corrected chi connectivity index (χ1v) is 9.27. The van der Waals surface area contributed by atoms with Crippen molar-refractivity contribution in [2.45, 2.75) is 45.1 Å². The first-order valence-electron chi connectivity index (χ1n) is 9.27. The number of fused-ring (bicyclic) bond motifs is 2. The van der Waals surface area contributed by atoms with Crippen molar-refractivity contribution in [3.05, 3.63) is 34.4 Å². The molecule has 1 saturated heterocycles. The standard InChI is InChI=1S/C19H22N4O3/c24-17(19(26)22-9-4-5-10-22)20-13-7-8-15-14(12-13)18(25)23-11-3-1-2-6-16(23)21-15/h7-8,12H,1-6,9-11H2,(H,20,24). The number of hydrogen-bond donors (Lipinski definition) is 1. The summed E-state index contributed by atoms with van der Waals surface area (Å²) in [5.41, 5.74) is 1.00. The van der Waals surface area contributed by atoms with Gasteiger partial charge in [0.15, 0.2) is 0 Å². The van der Waals surface area contributed by atoms with E-state index in [0.717, 1.165) is 44.3 Å². The van der Waals surface area contributed by atoms with E-state index in [-0.39, 0.29) is 5.56 Å². The van der Waals surface area contributed by atoms with Crippen molar-refractivity contribution >= 4 is 28.4 Å². The highest BCUT2D eigenvalue weighted by molar-refractivity contribution is 6.39. The van der Waals surface area contributed by atoms with Gasteiger partial charge in [-0.1, -0.05) is 6.42 Å². The third-order valence-electron chi connectivity index (χ3n) is 5.16. The minimum atomic E-state index is -0.658. The average Bonchev–Trinajstić information content (AvgIpc) is 3.08. The van der Waals surface area contributed by atoms with E-state index in [1.54, 1.807) is 27.7 Å². The molecular formula is C19H22N4O3. The van der Waals surface area contributed by atoms with Gasteiger partial charge in [-0.25, -0.2) is 4.98 Å². The zero-order valence-corrected chi connectivity index (χ0v) is 14.7. The number of likely N-dealkylation sites (tertiary alicyclic amines) is 1.